The van der Waals surface area contributed by atoms with Crippen molar-refractivity contribution in [3.63, 3.8) is 0 Å². The van der Waals surface area contributed by atoms with Crippen LogP contribution in [0.5, 0.6) is 5.75 Å². The molecule has 0 saturated heterocycles. The molecule has 0 unspecified atom stereocenters. The number of para-hydroxylation sites is 1. The zero-order valence-electron chi connectivity index (χ0n) is 13.4. The number of ether oxygens (including phenoxy) is 1. The van der Waals surface area contributed by atoms with Crippen molar-refractivity contribution in [2.75, 3.05) is 6.61 Å². The van der Waals surface area contributed by atoms with Gasteiger partial charge in [-0.2, -0.15) is 13.2 Å². The molecule has 2 aromatic rings. The van der Waals surface area contributed by atoms with Crippen LogP contribution in [0.25, 0.3) is 0 Å². The fourth-order valence-electron chi connectivity index (χ4n) is 2.54. The third kappa shape index (κ3) is 4.49. The second-order valence-corrected chi connectivity index (χ2v) is 5.89. The number of hydrogen-bond acceptors (Lipinski definition) is 3. The van der Waals surface area contributed by atoms with Crippen molar-refractivity contribution in [2.45, 2.75) is 31.6 Å². The van der Waals surface area contributed by atoms with Gasteiger partial charge in [-0.15, -0.1) is 0 Å². The minimum absolute atomic E-state index is 0.127. The molecule has 25 heavy (non-hydrogen) atoms. The lowest BCUT2D eigenvalue weighted by Crippen LogP contribution is -2.36. The van der Waals surface area contributed by atoms with E-state index >= 15 is 0 Å². The van der Waals surface area contributed by atoms with E-state index in [9.17, 15) is 18.0 Å². The minimum atomic E-state index is -4.52. The van der Waals surface area contributed by atoms with Crippen LogP contribution in [0.2, 0.25) is 0 Å². The number of halogens is 3. The van der Waals surface area contributed by atoms with Crippen LogP contribution in [0.15, 0.2) is 48.8 Å². The molecular weight excluding hydrogens is 333 g/mol. The third-order valence-electron chi connectivity index (χ3n) is 3.95. The lowest BCUT2D eigenvalue weighted by molar-refractivity contribution is -0.141. The Kier molecular flexibility index (Phi) is 4.92. The highest BCUT2D eigenvalue weighted by atomic mass is 19.4. The molecule has 1 aromatic carbocycles. The van der Waals surface area contributed by atoms with E-state index in [1.807, 2.05) is 12.1 Å². The first-order valence-electron chi connectivity index (χ1n) is 7.92. The van der Waals surface area contributed by atoms with E-state index < -0.39 is 18.3 Å². The van der Waals surface area contributed by atoms with Gasteiger partial charge in [0.1, 0.15) is 5.75 Å². The van der Waals surface area contributed by atoms with Gasteiger partial charge in [-0.25, -0.2) is 0 Å². The Balaban J connectivity index is 1.67. The third-order valence-corrected chi connectivity index (χ3v) is 3.95. The number of pyridine rings is 1. The molecule has 1 aromatic heterocycles. The second kappa shape index (κ2) is 7.13. The average Bonchev–Trinajstić information content (AvgIpc) is 3.43. The van der Waals surface area contributed by atoms with E-state index in [0.717, 1.165) is 24.5 Å². The summed E-state index contributed by atoms with van der Waals surface area (Å²) in [6, 6.07) is 8.64. The van der Waals surface area contributed by atoms with Crippen molar-refractivity contribution in [1.82, 2.24) is 9.88 Å². The fourth-order valence-corrected chi connectivity index (χ4v) is 2.54. The maximum absolute atomic E-state index is 13.0. The summed E-state index contributed by atoms with van der Waals surface area (Å²) >= 11 is 0. The summed E-state index contributed by atoms with van der Waals surface area (Å²) in [4.78, 5) is 18.1. The van der Waals surface area contributed by atoms with E-state index in [1.54, 1.807) is 17.3 Å². The standard InChI is InChI=1S/C18H17F3N2O2/c19-18(20,21)15-3-1-2-4-16(15)25-12-17(24)23(14-5-6-14)11-13-7-9-22-10-8-13/h1-4,7-10,14H,5-6,11-12H2. The van der Waals surface area contributed by atoms with Crippen LogP contribution < -0.4 is 4.74 Å². The lowest BCUT2D eigenvalue weighted by Gasteiger charge is -2.23. The zero-order chi connectivity index (χ0) is 17.9. The molecule has 0 N–H and O–H groups in total. The molecule has 0 bridgehead atoms. The molecule has 0 spiro atoms. The Morgan fingerprint density at radius 2 is 1.84 bits per heavy atom. The number of aromatic nitrogens is 1. The highest BCUT2D eigenvalue weighted by molar-refractivity contribution is 5.78. The Labute approximate surface area is 143 Å². The second-order valence-electron chi connectivity index (χ2n) is 5.89. The number of carbonyl (C=O) groups excluding carboxylic acids is 1. The highest BCUT2D eigenvalue weighted by Gasteiger charge is 2.35. The van der Waals surface area contributed by atoms with Gasteiger partial charge in [0.15, 0.2) is 6.61 Å². The maximum atomic E-state index is 13.0. The minimum Gasteiger partial charge on any atom is -0.483 e. The highest BCUT2D eigenvalue weighted by Crippen LogP contribution is 2.36. The molecule has 0 aliphatic heterocycles. The maximum Gasteiger partial charge on any atom is 0.419 e. The molecular formula is C18H17F3N2O2. The van der Waals surface area contributed by atoms with Crippen LogP contribution in [0.3, 0.4) is 0 Å². The molecule has 1 aliphatic carbocycles. The lowest BCUT2D eigenvalue weighted by atomic mass is 10.2. The van der Waals surface area contributed by atoms with Crippen molar-refractivity contribution in [3.05, 3.63) is 59.9 Å². The molecule has 7 heteroatoms. The van der Waals surface area contributed by atoms with Gasteiger partial charge in [-0.3, -0.25) is 9.78 Å². The predicted molar refractivity (Wildman–Crippen MR) is 84.7 cm³/mol. The summed E-state index contributed by atoms with van der Waals surface area (Å²) in [5.74, 6) is -0.653. The van der Waals surface area contributed by atoms with Crippen LogP contribution in [-0.2, 0) is 17.5 Å². The molecule has 1 heterocycles. The van der Waals surface area contributed by atoms with Gasteiger partial charge in [-0.05, 0) is 42.7 Å². The van der Waals surface area contributed by atoms with Gasteiger partial charge in [0, 0.05) is 25.0 Å². The van der Waals surface area contributed by atoms with Crippen molar-refractivity contribution < 1.29 is 22.7 Å². The normalized spacial score (nSPS) is 14.2. The van der Waals surface area contributed by atoms with Crippen LogP contribution >= 0.6 is 0 Å². The van der Waals surface area contributed by atoms with E-state index in [2.05, 4.69) is 4.98 Å². The van der Waals surface area contributed by atoms with Crippen molar-refractivity contribution in [1.29, 1.82) is 0 Å². The van der Waals surface area contributed by atoms with Crippen molar-refractivity contribution in [3.8, 4) is 5.75 Å². The summed E-state index contributed by atoms with van der Waals surface area (Å²) in [6.45, 7) is -0.0228. The van der Waals surface area contributed by atoms with E-state index in [-0.39, 0.29) is 17.7 Å². The van der Waals surface area contributed by atoms with Gasteiger partial charge >= 0.3 is 6.18 Å². The zero-order valence-corrected chi connectivity index (χ0v) is 13.4. The summed E-state index contributed by atoms with van der Waals surface area (Å²) < 4.78 is 44.1. The number of alkyl halides is 3. The topological polar surface area (TPSA) is 42.4 Å². The summed E-state index contributed by atoms with van der Waals surface area (Å²) in [5.41, 5.74) is 0.0425. The van der Waals surface area contributed by atoms with E-state index in [1.165, 1.54) is 18.2 Å². The van der Waals surface area contributed by atoms with Gasteiger partial charge in [0.25, 0.3) is 5.91 Å². The van der Waals surface area contributed by atoms with Gasteiger partial charge < -0.3 is 9.64 Å². The van der Waals surface area contributed by atoms with E-state index in [4.69, 9.17) is 4.74 Å². The van der Waals surface area contributed by atoms with E-state index in [0.29, 0.717) is 6.54 Å². The predicted octanol–water partition coefficient (Wildman–Crippen LogP) is 3.67. The number of benzene rings is 1. The Morgan fingerprint density at radius 1 is 1.16 bits per heavy atom. The quantitative estimate of drug-likeness (QED) is 0.798. The molecule has 0 atom stereocenters. The molecule has 3 rings (SSSR count). The first-order chi connectivity index (χ1) is 11.9. The summed E-state index contributed by atoms with van der Waals surface area (Å²) in [5, 5.41) is 0. The molecule has 1 saturated carbocycles. The molecule has 1 aliphatic rings. The first-order valence-corrected chi connectivity index (χ1v) is 7.92. The van der Waals surface area contributed by atoms with Crippen LogP contribution in [0.1, 0.15) is 24.0 Å². The number of rotatable bonds is 6. The Morgan fingerprint density at radius 3 is 2.48 bits per heavy atom. The van der Waals surface area contributed by atoms with Crippen molar-refractivity contribution in [2.24, 2.45) is 0 Å². The number of amides is 1. The van der Waals surface area contributed by atoms with Gasteiger partial charge in [0.05, 0.1) is 5.56 Å². The number of carbonyl (C=O) groups is 1. The monoisotopic (exact) mass is 350 g/mol. The van der Waals surface area contributed by atoms with Crippen LogP contribution in [0, 0.1) is 0 Å². The molecule has 0 radical (unpaired) electrons. The Hall–Kier alpha value is -2.57. The summed E-state index contributed by atoms with van der Waals surface area (Å²) in [7, 11) is 0. The van der Waals surface area contributed by atoms with Gasteiger partial charge in [-0.1, -0.05) is 12.1 Å². The molecule has 1 fully saturated rings. The number of nitrogens with zero attached hydrogens (tertiary/aromatic N) is 2. The first kappa shape index (κ1) is 17.3. The van der Waals surface area contributed by atoms with Gasteiger partial charge in [0.2, 0.25) is 0 Å². The molecule has 1 amide bonds. The van der Waals surface area contributed by atoms with Crippen LogP contribution in [-0.4, -0.2) is 28.4 Å². The number of hydrogen-bond donors (Lipinski definition) is 0. The largest absolute Gasteiger partial charge is 0.483 e. The molecule has 132 valence electrons. The smallest absolute Gasteiger partial charge is 0.419 e. The van der Waals surface area contributed by atoms with Crippen LogP contribution in [0.4, 0.5) is 13.2 Å². The summed E-state index contributed by atoms with van der Waals surface area (Å²) in [6.07, 6.45) is 0.556. The SMILES string of the molecule is O=C(COc1ccccc1C(F)(F)F)N(Cc1ccncc1)C1CC1. The average molecular weight is 350 g/mol. The van der Waals surface area contributed by atoms with Crippen molar-refractivity contribution >= 4 is 5.91 Å². The Bertz CT molecular complexity index is 731. The fraction of sp³-hybridized carbons (Fsp3) is 0.333. The molecule has 4 nitrogen and oxygen atoms in total.